The quantitative estimate of drug-likeness (QED) is 0.474. The highest BCUT2D eigenvalue weighted by atomic mass is 35.5. The van der Waals surface area contributed by atoms with Gasteiger partial charge in [0.1, 0.15) is 18.1 Å². The van der Waals surface area contributed by atoms with E-state index < -0.39 is 0 Å². The number of hydrogen-bond acceptors (Lipinski definition) is 4. The van der Waals surface area contributed by atoms with E-state index in [9.17, 15) is 0 Å². The molecule has 30 heavy (non-hydrogen) atoms. The number of likely N-dealkylation sites (N-methyl/N-ethyl adjacent to an activating group) is 1. The van der Waals surface area contributed by atoms with Crippen molar-refractivity contribution in [3.8, 4) is 11.5 Å². The molecule has 4 rings (SSSR count). The Kier molecular flexibility index (Phi) is 6.57. The molecule has 0 radical (unpaired) electrons. The fraction of sp³-hybridized carbons (Fsp3) is 0.333. The molecule has 4 nitrogen and oxygen atoms in total. The van der Waals surface area contributed by atoms with Crippen molar-refractivity contribution in [3.63, 3.8) is 0 Å². The number of hydrogen-bond donors (Lipinski definition) is 0. The summed E-state index contributed by atoms with van der Waals surface area (Å²) in [6.07, 6.45) is 0. The number of halogens is 2. The zero-order valence-corrected chi connectivity index (χ0v) is 18.8. The maximum Gasteiger partial charge on any atom is 0.142 e. The van der Waals surface area contributed by atoms with Crippen LogP contribution in [0.1, 0.15) is 12.5 Å². The Morgan fingerprint density at radius 1 is 0.900 bits per heavy atom. The number of anilines is 1. The largest absolute Gasteiger partial charge is 0.495 e. The van der Waals surface area contributed by atoms with Crippen LogP contribution in [-0.4, -0.2) is 44.7 Å². The van der Waals surface area contributed by atoms with E-state index in [0.29, 0.717) is 16.7 Å². The molecule has 158 valence electrons. The molecular formula is C24H26Cl2N2O2. The second-order valence-corrected chi connectivity index (χ2v) is 8.21. The molecule has 0 spiro atoms. The van der Waals surface area contributed by atoms with Crippen LogP contribution in [0.5, 0.6) is 11.5 Å². The van der Waals surface area contributed by atoms with Gasteiger partial charge in [0, 0.05) is 37.0 Å². The van der Waals surface area contributed by atoms with Crippen LogP contribution in [0.15, 0.2) is 48.5 Å². The highest BCUT2D eigenvalue weighted by Crippen LogP contribution is 2.36. The Hall–Kier alpha value is -2.14. The molecule has 1 fully saturated rings. The van der Waals surface area contributed by atoms with Crippen LogP contribution < -0.4 is 14.4 Å². The van der Waals surface area contributed by atoms with E-state index in [1.807, 2.05) is 24.3 Å². The molecule has 0 aliphatic carbocycles. The number of rotatable bonds is 6. The number of fused-ring (bicyclic) bond motifs is 1. The monoisotopic (exact) mass is 444 g/mol. The van der Waals surface area contributed by atoms with Crippen molar-refractivity contribution < 1.29 is 9.47 Å². The smallest absolute Gasteiger partial charge is 0.142 e. The molecule has 0 amide bonds. The molecule has 0 atom stereocenters. The van der Waals surface area contributed by atoms with Gasteiger partial charge in [-0.15, -0.1) is 0 Å². The number of ether oxygens (including phenoxy) is 2. The summed E-state index contributed by atoms with van der Waals surface area (Å²) in [5.41, 5.74) is 2.20. The molecule has 0 bridgehead atoms. The minimum atomic E-state index is 0.444. The average molecular weight is 445 g/mol. The summed E-state index contributed by atoms with van der Waals surface area (Å²) < 4.78 is 11.8. The molecular weight excluding hydrogens is 419 g/mol. The van der Waals surface area contributed by atoms with Crippen molar-refractivity contribution in [1.82, 2.24) is 4.90 Å². The summed E-state index contributed by atoms with van der Waals surface area (Å²) in [7, 11) is 1.72. The molecule has 1 aliphatic heterocycles. The first-order valence-corrected chi connectivity index (χ1v) is 11.0. The van der Waals surface area contributed by atoms with Crippen LogP contribution in [0.25, 0.3) is 10.8 Å². The predicted octanol–water partition coefficient (Wildman–Crippen LogP) is 5.88. The van der Waals surface area contributed by atoms with Crippen LogP contribution in [0.3, 0.4) is 0 Å². The van der Waals surface area contributed by atoms with Gasteiger partial charge in [-0.1, -0.05) is 48.3 Å². The van der Waals surface area contributed by atoms with Crippen molar-refractivity contribution >= 4 is 39.7 Å². The van der Waals surface area contributed by atoms with Crippen molar-refractivity contribution in [2.24, 2.45) is 0 Å². The highest BCUT2D eigenvalue weighted by Gasteiger charge is 2.19. The molecule has 0 unspecified atom stereocenters. The Labute approximate surface area is 187 Å². The molecule has 0 aromatic heterocycles. The van der Waals surface area contributed by atoms with E-state index in [1.165, 1.54) is 0 Å². The fourth-order valence-electron chi connectivity index (χ4n) is 3.93. The van der Waals surface area contributed by atoms with Gasteiger partial charge in [-0.3, -0.25) is 0 Å². The minimum absolute atomic E-state index is 0.444. The molecule has 0 saturated carbocycles. The lowest BCUT2D eigenvalue weighted by Gasteiger charge is -2.36. The number of piperazine rings is 1. The summed E-state index contributed by atoms with van der Waals surface area (Å²) in [6, 6.07) is 15.9. The Bertz CT molecular complexity index is 1030. The standard InChI is InChI=1S/C24H26Cl2N2O2/c1-3-27-11-13-28(14-12-27)21-10-7-17(15-23(21)29-2)16-30-22-6-4-5-19-18(22)8-9-20(25)24(19)26/h4-10,15H,3,11-14,16H2,1-2H3. The van der Waals surface area contributed by atoms with Crippen molar-refractivity contribution in [1.29, 1.82) is 0 Å². The van der Waals surface area contributed by atoms with Gasteiger partial charge in [-0.05, 0) is 42.4 Å². The normalized spacial score (nSPS) is 14.9. The highest BCUT2D eigenvalue weighted by molar-refractivity contribution is 6.45. The SMILES string of the molecule is CCN1CCN(c2ccc(COc3cccc4c(Cl)c(Cl)ccc34)cc2OC)CC1. The lowest BCUT2D eigenvalue weighted by atomic mass is 10.1. The Morgan fingerprint density at radius 2 is 1.70 bits per heavy atom. The first-order valence-electron chi connectivity index (χ1n) is 10.2. The van der Waals surface area contributed by atoms with E-state index in [0.717, 1.165) is 66.2 Å². The number of benzene rings is 3. The topological polar surface area (TPSA) is 24.9 Å². The molecule has 0 N–H and O–H groups in total. The van der Waals surface area contributed by atoms with E-state index in [-0.39, 0.29) is 0 Å². The summed E-state index contributed by atoms with van der Waals surface area (Å²) in [6.45, 7) is 7.95. The van der Waals surface area contributed by atoms with E-state index >= 15 is 0 Å². The first-order chi connectivity index (χ1) is 14.6. The van der Waals surface area contributed by atoms with Gasteiger partial charge in [-0.2, -0.15) is 0 Å². The maximum absolute atomic E-state index is 6.35. The van der Waals surface area contributed by atoms with E-state index in [2.05, 4.69) is 34.9 Å². The van der Waals surface area contributed by atoms with Crippen LogP contribution in [0, 0.1) is 0 Å². The molecule has 3 aromatic carbocycles. The van der Waals surface area contributed by atoms with Crippen molar-refractivity contribution in [2.45, 2.75) is 13.5 Å². The van der Waals surface area contributed by atoms with Gasteiger partial charge in [0.2, 0.25) is 0 Å². The molecule has 6 heteroatoms. The van der Waals surface area contributed by atoms with E-state index in [4.69, 9.17) is 32.7 Å². The van der Waals surface area contributed by atoms with Gasteiger partial charge >= 0.3 is 0 Å². The average Bonchev–Trinajstić information content (AvgIpc) is 2.80. The van der Waals surface area contributed by atoms with Gasteiger partial charge < -0.3 is 19.3 Å². The van der Waals surface area contributed by atoms with E-state index in [1.54, 1.807) is 13.2 Å². The number of nitrogens with zero attached hydrogens (tertiary/aromatic N) is 2. The van der Waals surface area contributed by atoms with Gasteiger partial charge in [0.15, 0.2) is 0 Å². The van der Waals surface area contributed by atoms with Crippen molar-refractivity contribution in [2.75, 3.05) is 44.7 Å². The first kappa shape index (κ1) is 21.1. The lowest BCUT2D eigenvalue weighted by Crippen LogP contribution is -2.46. The second-order valence-electron chi connectivity index (χ2n) is 7.43. The van der Waals surface area contributed by atoms with Crippen LogP contribution >= 0.6 is 23.2 Å². The second kappa shape index (κ2) is 9.34. The molecule has 1 saturated heterocycles. The zero-order valence-electron chi connectivity index (χ0n) is 17.3. The Morgan fingerprint density at radius 3 is 2.43 bits per heavy atom. The van der Waals surface area contributed by atoms with Crippen LogP contribution in [0.4, 0.5) is 5.69 Å². The minimum Gasteiger partial charge on any atom is -0.495 e. The summed E-state index contributed by atoms with van der Waals surface area (Å²) in [5.74, 6) is 1.67. The third-order valence-electron chi connectivity index (χ3n) is 5.71. The lowest BCUT2D eigenvalue weighted by molar-refractivity contribution is 0.270. The van der Waals surface area contributed by atoms with Gasteiger partial charge in [-0.25, -0.2) is 0 Å². The van der Waals surface area contributed by atoms with Gasteiger partial charge in [0.05, 0.1) is 22.8 Å². The fourth-order valence-corrected chi connectivity index (χ4v) is 4.32. The summed E-state index contributed by atoms with van der Waals surface area (Å²) >= 11 is 12.5. The predicted molar refractivity (Wildman–Crippen MR) is 126 cm³/mol. The number of methoxy groups -OCH3 is 1. The molecule has 1 heterocycles. The third-order valence-corrected chi connectivity index (χ3v) is 6.53. The van der Waals surface area contributed by atoms with Crippen LogP contribution in [-0.2, 0) is 6.61 Å². The third kappa shape index (κ3) is 4.31. The van der Waals surface area contributed by atoms with Gasteiger partial charge in [0.25, 0.3) is 0 Å². The zero-order chi connectivity index (χ0) is 21.1. The Balaban J connectivity index is 1.51. The maximum atomic E-state index is 6.35. The summed E-state index contributed by atoms with van der Waals surface area (Å²) in [5, 5.41) is 2.93. The van der Waals surface area contributed by atoms with Crippen molar-refractivity contribution in [3.05, 3.63) is 64.1 Å². The molecule has 3 aromatic rings. The molecule has 1 aliphatic rings. The van der Waals surface area contributed by atoms with Crippen LogP contribution in [0.2, 0.25) is 10.0 Å². The summed E-state index contributed by atoms with van der Waals surface area (Å²) in [4.78, 5) is 4.86.